The fraction of sp³-hybridized carbons (Fsp3) is 0.409. The van der Waals surface area contributed by atoms with Gasteiger partial charge in [0, 0.05) is 6.21 Å². The molecular weight excluding hydrogens is 292 g/mol. The first-order valence-electron chi connectivity index (χ1n) is 9.31. The number of rotatable bonds is 7. The number of hydrazone groups is 1. The predicted octanol–water partition coefficient (Wildman–Crippen LogP) is 6.04. The fourth-order valence-corrected chi connectivity index (χ4v) is 3.50. The van der Waals surface area contributed by atoms with Gasteiger partial charge in [0.25, 0.3) is 0 Å². The molecule has 1 fully saturated rings. The monoisotopic (exact) mass is 320 g/mol. The van der Waals surface area contributed by atoms with Crippen LogP contribution >= 0.6 is 0 Å². The van der Waals surface area contributed by atoms with E-state index in [9.17, 15) is 0 Å². The lowest BCUT2D eigenvalue weighted by Crippen LogP contribution is -2.16. The molecule has 1 aliphatic carbocycles. The quantitative estimate of drug-likeness (QED) is 0.448. The summed E-state index contributed by atoms with van der Waals surface area (Å²) in [5.74, 6) is 0.921. The molecule has 2 heteroatoms. The molecule has 0 bridgehead atoms. The fourth-order valence-electron chi connectivity index (χ4n) is 3.50. The number of anilines is 1. The molecular formula is C22H28N2. The Hall–Kier alpha value is -2.09. The molecule has 1 aliphatic rings. The third-order valence-corrected chi connectivity index (χ3v) is 4.88. The van der Waals surface area contributed by atoms with E-state index < -0.39 is 0 Å². The first-order chi connectivity index (χ1) is 11.9. The zero-order chi connectivity index (χ0) is 16.5. The van der Waals surface area contributed by atoms with Crippen LogP contribution in [0, 0.1) is 5.92 Å². The molecule has 0 radical (unpaired) electrons. The van der Waals surface area contributed by atoms with Crippen LogP contribution in [0.25, 0.3) is 0 Å². The Morgan fingerprint density at radius 2 is 1.54 bits per heavy atom. The first-order valence-corrected chi connectivity index (χ1v) is 9.31. The Bertz CT molecular complexity index is 600. The summed E-state index contributed by atoms with van der Waals surface area (Å²) in [5, 5.41) is 6.89. The standard InChI is InChI=1S/C22H28N2/c1-4-11-20(12-5-1)15-10-18-23-24(22-16-8-3-9-17-22)19-21-13-6-2-7-14-21/h2-3,6-9,13-14,16-18,20H,1,4-5,10-12,15,19H2/b23-18+. The minimum Gasteiger partial charge on any atom is -0.261 e. The van der Waals surface area contributed by atoms with Gasteiger partial charge in [-0.15, -0.1) is 0 Å². The molecule has 2 aromatic rings. The molecule has 2 nitrogen and oxygen atoms in total. The molecule has 0 spiro atoms. The summed E-state index contributed by atoms with van der Waals surface area (Å²) >= 11 is 0. The number of hydrogen-bond acceptors (Lipinski definition) is 2. The molecule has 0 atom stereocenters. The van der Waals surface area contributed by atoms with E-state index in [1.165, 1.54) is 44.1 Å². The van der Waals surface area contributed by atoms with Gasteiger partial charge in [-0.05, 0) is 36.5 Å². The lowest BCUT2D eigenvalue weighted by atomic mass is 9.86. The molecule has 126 valence electrons. The molecule has 0 N–H and O–H groups in total. The Balaban J connectivity index is 1.60. The van der Waals surface area contributed by atoms with Gasteiger partial charge in [0.05, 0.1) is 12.2 Å². The second-order valence-corrected chi connectivity index (χ2v) is 6.76. The molecule has 0 aromatic heterocycles. The second-order valence-electron chi connectivity index (χ2n) is 6.76. The molecule has 0 unspecified atom stereocenters. The van der Waals surface area contributed by atoms with Gasteiger partial charge in [-0.25, -0.2) is 0 Å². The average molecular weight is 320 g/mol. The highest BCUT2D eigenvalue weighted by atomic mass is 15.4. The minimum absolute atomic E-state index is 0.810. The number of benzene rings is 2. The van der Waals surface area contributed by atoms with Crippen molar-refractivity contribution in [1.82, 2.24) is 0 Å². The normalized spacial score (nSPS) is 15.7. The second kappa shape index (κ2) is 9.27. The summed E-state index contributed by atoms with van der Waals surface area (Å²) in [4.78, 5) is 0. The average Bonchev–Trinajstić information content (AvgIpc) is 2.66. The molecule has 0 amide bonds. The Kier molecular flexibility index (Phi) is 6.47. The highest BCUT2D eigenvalue weighted by Gasteiger charge is 2.12. The Labute approximate surface area is 146 Å². The van der Waals surface area contributed by atoms with Crippen molar-refractivity contribution in [3.8, 4) is 0 Å². The van der Waals surface area contributed by atoms with Crippen LogP contribution in [0.4, 0.5) is 5.69 Å². The van der Waals surface area contributed by atoms with Crippen molar-refractivity contribution < 1.29 is 0 Å². The van der Waals surface area contributed by atoms with Gasteiger partial charge < -0.3 is 0 Å². The molecule has 0 aliphatic heterocycles. The van der Waals surface area contributed by atoms with E-state index in [0.717, 1.165) is 24.6 Å². The van der Waals surface area contributed by atoms with Crippen molar-refractivity contribution in [2.24, 2.45) is 11.0 Å². The van der Waals surface area contributed by atoms with E-state index in [2.05, 4.69) is 71.9 Å². The van der Waals surface area contributed by atoms with Gasteiger partial charge >= 0.3 is 0 Å². The van der Waals surface area contributed by atoms with Crippen LogP contribution in [0.15, 0.2) is 65.8 Å². The molecule has 0 saturated heterocycles. The van der Waals surface area contributed by atoms with E-state index in [1.807, 2.05) is 0 Å². The maximum absolute atomic E-state index is 4.78. The summed E-state index contributed by atoms with van der Waals surface area (Å²) in [6.45, 7) is 0.810. The van der Waals surface area contributed by atoms with E-state index in [-0.39, 0.29) is 0 Å². The lowest BCUT2D eigenvalue weighted by Gasteiger charge is -2.21. The Morgan fingerprint density at radius 3 is 2.25 bits per heavy atom. The molecule has 24 heavy (non-hydrogen) atoms. The molecule has 3 rings (SSSR count). The van der Waals surface area contributed by atoms with Gasteiger partial charge in [-0.1, -0.05) is 80.6 Å². The van der Waals surface area contributed by atoms with Crippen LogP contribution in [0.2, 0.25) is 0 Å². The SMILES string of the molecule is C(/CCC1CCCCC1)=N\N(Cc1ccccc1)c1ccccc1. The van der Waals surface area contributed by atoms with Crippen molar-refractivity contribution in [3.63, 3.8) is 0 Å². The topological polar surface area (TPSA) is 15.6 Å². The summed E-state index contributed by atoms with van der Waals surface area (Å²) < 4.78 is 0. The minimum atomic E-state index is 0.810. The highest BCUT2D eigenvalue weighted by molar-refractivity contribution is 5.60. The van der Waals surface area contributed by atoms with Gasteiger partial charge in [-0.2, -0.15) is 5.10 Å². The smallest absolute Gasteiger partial charge is 0.0666 e. The van der Waals surface area contributed by atoms with Crippen LogP contribution in [0.5, 0.6) is 0 Å². The van der Waals surface area contributed by atoms with Gasteiger partial charge in [0.15, 0.2) is 0 Å². The van der Waals surface area contributed by atoms with Gasteiger partial charge in [-0.3, -0.25) is 5.01 Å². The third kappa shape index (κ3) is 5.23. The van der Waals surface area contributed by atoms with E-state index >= 15 is 0 Å². The maximum atomic E-state index is 4.78. The molecule has 0 heterocycles. The van der Waals surface area contributed by atoms with Crippen molar-refractivity contribution >= 4 is 11.9 Å². The van der Waals surface area contributed by atoms with Crippen molar-refractivity contribution in [2.45, 2.75) is 51.5 Å². The third-order valence-electron chi connectivity index (χ3n) is 4.88. The van der Waals surface area contributed by atoms with Crippen LogP contribution in [0.1, 0.15) is 50.5 Å². The molecule has 2 aromatic carbocycles. The van der Waals surface area contributed by atoms with Crippen LogP contribution in [-0.2, 0) is 6.54 Å². The van der Waals surface area contributed by atoms with Crippen molar-refractivity contribution in [2.75, 3.05) is 5.01 Å². The maximum Gasteiger partial charge on any atom is 0.0666 e. The summed E-state index contributed by atoms with van der Waals surface area (Å²) in [5.41, 5.74) is 2.43. The van der Waals surface area contributed by atoms with E-state index in [0.29, 0.717) is 0 Å². The van der Waals surface area contributed by atoms with Crippen molar-refractivity contribution in [3.05, 3.63) is 66.2 Å². The predicted molar refractivity (Wildman–Crippen MR) is 103 cm³/mol. The van der Waals surface area contributed by atoms with E-state index in [1.54, 1.807) is 0 Å². The number of hydrogen-bond donors (Lipinski definition) is 0. The zero-order valence-electron chi connectivity index (χ0n) is 14.5. The van der Waals surface area contributed by atoms with Gasteiger partial charge in [0.2, 0.25) is 0 Å². The number of nitrogens with zero attached hydrogens (tertiary/aromatic N) is 2. The van der Waals surface area contributed by atoms with Crippen LogP contribution < -0.4 is 5.01 Å². The zero-order valence-corrected chi connectivity index (χ0v) is 14.5. The molecule has 1 saturated carbocycles. The number of para-hydroxylation sites is 1. The van der Waals surface area contributed by atoms with Gasteiger partial charge in [0.1, 0.15) is 0 Å². The Morgan fingerprint density at radius 1 is 0.875 bits per heavy atom. The van der Waals surface area contributed by atoms with Crippen LogP contribution in [-0.4, -0.2) is 6.21 Å². The van der Waals surface area contributed by atoms with Crippen molar-refractivity contribution in [1.29, 1.82) is 0 Å². The summed E-state index contributed by atoms with van der Waals surface area (Å²) in [6, 6.07) is 21.0. The van der Waals surface area contributed by atoms with E-state index in [4.69, 9.17) is 5.10 Å². The summed E-state index contributed by atoms with van der Waals surface area (Å²) in [7, 11) is 0. The summed E-state index contributed by atoms with van der Waals surface area (Å²) in [6.07, 6.45) is 11.6. The van der Waals surface area contributed by atoms with Crippen LogP contribution in [0.3, 0.4) is 0 Å². The highest BCUT2D eigenvalue weighted by Crippen LogP contribution is 2.27. The first kappa shape index (κ1) is 16.8. The lowest BCUT2D eigenvalue weighted by molar-refractivity contribution is 0.344. The largest absolute Gasteiger partial charge is 0.261 e.